The third kappa shape index (κ3) is 3.30. The molecular weight excluding hydrogens is 386 g/mol. The van der Waals surface area contributed by atoms with E-state index in [0.29, 0.717) is 42.6 Å². The number of hydrogen-bond acceptors (Lipinski definition) is 6. The maximum atomic E-state index is 12.5. The summed E-state index contributed by atoms with van der Waals surface area (Å²) in [5.41, 5.74) is 2.59. The smallest absolute Gasteiger partial charge is 0.231 e. The number of hydrogen-bond donors (Lipinski definition) is 1. The van der Waals surface area contributed by atoms with Crippen molar-refractivity contribution in [3.63, 3.8) is 0 Å². The zero-order chi connectivity index (χ0) is 20.5. The van der Waals surface area contributed by atoms with Gasteiger partial charge in [-0.25, -0.2) is 4.98 Å². The summed E-state index contributed by atoms with van der Waals surface area (Å²) in [5, 5.41) is 2.94. The lowest BCUT2D eigenvalue weighted by molar-refractivity contribution is -0.116. The number of para-hydroxylation sites is 1. The summed E-state index contributed by atoms with van der Waals surface area (Å²) in [5.74, 6) is 2.34. The van der Waals surface area contributed by atoms with Crippen LogP contribution in [0.5, 0.6) is 23.0 Å². The minimum atomic E-state index is -0.193. The largest absolute Gasteiger partial charge is 0.493 e. The fourth-order valence-electron chi connectivity index (χ4n) is 3.92. The van der Waals surface area contributed by atoms with Gasteiger partial charge in [-0.15, -0.1) is 0 Å². The number of imidazole rings is 1. The maximum Gasteiger partial charge on any atom is 0.231 e. The van der Waals surface area contributed by atoms with Crippen LogP contribution in [0.15, 0.2) is 49.1 Å². The number of fused-ring (bicyclic) bond motifs is 2. The number of ether oxygens (including phenoxy) is 4. The Hall–Kier alpha value is -3.68. The first-order chi connectivity index (χ1) is 14.7. The van der Waals surface area contributed by atoms with E-state index < -0.39 is 0 Å². The molecule has 0 bridgehead atoms. The van der Waals surface area contributed by atoms with Crippen molar-refractivity contribution in [1.82, 2.24) is 9.55 Å². The SMILES string of the molecule is COc1cccc(C2CC(=O)Nc3cc4c(cc32)OCO4)c1OCCn1ccnc1. The van der Waals surface area contributed by atoms with Crippen molar-refractivity contribution < 1.29 is 23.7 Å². The first kappa shape index (κ1) is 18.4. The summed E-state index contributed by atoms with van der Waals surface area (Å²) in [4.78, 5) is 16.5. The van der Waals surface area contributed by atoms with Gasteiger partial charge in [0.15, 0.2) is 23.0 Å². The normalized spacial score (nSPS) is 16.7. The lowest BCUT2D eigenvalue weighted by atomic mass is 9.84. The third-order valence-corrected chi connectivity index (χ3v) is 5.34. The molecule has 30 heavy (non-hydrogen) atoms. The van der Waals surface area contributed by atoms with Crippen LogP contribution in [0.3, 0.4) is 0 Å². The van der Waals surface area contributed by atoms with Gasteiger partial charge in [-0.3, -0.25) is 4.79 Å². The first-order valence-electron chi connectivity index (χ1n) is 9.72. The number of benzene rings is 2. The van der Waals surface area contributed by atoms with Crippen LogP contribution < -0.4 is 24.3 Å². The van der Waals surface area contributed by atoms with Gasteiger partial charge >= 0.3 is 0 Å². The van der Waals surface area contributed by atoms with E-state index in [0.717, 1.165) is 16.8 Å². The van der Waals surface area contributed by atoms with Gasteiger partial charge in [-0.05, 0) is 17.7 Å². The summed E-state index contributed by atoms with van der Waals surface area (Å²) in [7, 11) is 1.61. The van der Waals surface area contributed by atoms with Crippen LogP contribution in [0.1, 0.15) is 23.5 Å². The van der Waals surface area contributed by atoms with Gasteiger partial charge in [-0.1, -0.05) is 12.1 Å². The number of rotatable bonds is 6. The first-order valence-corrected chi connectivity index (χ1v) is 9.72. The Morgan fingerprint density at radius 1 is 1.23 bits per heavy atom. The molecule has 1 atom stereocenters. The molecular formula is C22H21N3O5. The van der Waals surface area contributed by atoms with E-state index in [1.807, 2.05) is 41.1 Å². The number of methoxy groups -OCH3 is 1. The zero-order valence-corrected chi connectivity index (χ0v) is 16.5. The summed E-state index contributed by atoms with van der Waals surface area (Å²) >= 11 is 0. The molecule has 8 heteroatoms. The molecule has 0 spiro atoms. The molecule has 0 saturated carbocycles. The van der Waals surface area contributed by atoms with Crippen molar-refractivity contribution in [3.8, 4) is 23.0 Å². The predicted molar refractivity (Wildman–Crippen MR) is 108 cm³/mol. The topological polar surface area (TPSA) is 83.8 Å². The highest BCUT2D eigenvalue weighted by Gasteiger charge is 2.32. The summed E-state index contributed by atoms with van der Waals surface area (Å²) in [6, 6.07) is 9.51. The Kier molecular flexibility index (Phi) is 4.66. The fraction of sp³-hybridized carbons (Fsp3) is 0.273. The number of carbonyl (C=O) groups excluding carboxylic acids is 1. The number of nitrogens with zero attached hydrogens (tertiary/aromatic N) is 2. The molecule has 3 aromatic rings. The Balaban J connectivity index is 1.51. The molecule has 3 heterocycles. The average Bonchev–Trinajstić information content (AvgIpc) is 3.43. The minimum Gasteiger partial charge on any atom is -0.493 e. The molecule has 5 rings (SSSR count). The molecule has 2 aliphatic heterocycles. The summed E-state index contributed by atoms with van der Waals surface area (Å²) in [6.07, 6.45) is 5.67. The van der Waals surface area contributed by atoms with Crippen LogP contribution in [0.25, 0.3) is 0 Å². The molecule has 0 saturated heterocycles. The second-order valence-corrected chi connectivity index (χ2v) is 7.13. The van der Waals surface area contributed by atoms with E-state index in [-0.39, 0.29) is 18.6 Å². The average molecular weight is 407 g/mol. The van der Waals surface area contributed by atoms with E-state index in [1.54, 1.807) is 19.6 Å². The lowest BCUT2D eigenvalue weighted by Gasteiger charge is -2.28. The van der Waals surface area contributed by atoms with Crippen molar-refractivity contribution in [3.05, 3.63) is 60.2 Å². The summed E-state index contributed by atoms with van der Waals surface area (Å²) < 4.78 is 24.7. The molecule has 2 aliphatic rings. The molecule has 2 aromatic carbocycles. The van der Waals surface area contributed by atoms with Gasteiger partial charge in [0.25, 0.3) is 0 Å². The quantitative estimate of drug-likeness (QED) is 0.676. The van der Waals surface area contributed by atoms with E-state index in [4.69, 9.17) is 18.9 Å². The number of aromatic nitrogens is 2. The van der Waals surface area contributed by atoms with Crippen molar-refractivity contribution in [2.24, 2.45) is 0 Å². The number of nitrogens with one attached hydrogen (secondary N) is 1. The Bertz CT molecular complexity index is 1080. The van der Waals surface area contributed by atoms with Gasteiger partial charge in [0, 0.05) is 42.0 Å². The highest BCUT2D eigenvalue weighted by molar-refractivity contribution is 5.96. The van der Waals surface area contributed by atoms with Crippen molar-refractivity contribution in [2.75, 3.05) is 25.8 Å². The molecule has 1 unspecified atom stereocenters. The van der Waals surface area contributed by atoms with Gasteiger partial charge in [-0.2, -0.15) is 0 Å². The second-order valence-electron chi connectivity index (χ2n) is 7.13. The van der Waals surface area contributed by atoms with Crippen molar-refractivity contribution >= 4 is 11.6 Å². The molecule has 0 fully saturated rings. The third-order valence-electron chi connectivity index (χ3n) is 5.34. The van der Waals surface area contributed by atoms with Crippen molar-refractivity contribution in [2.45, 2.75) is 18.9 Å². The molecule has 1 N–H and O–H groups in total. The summed E-state index contributed by atoms with van der Waals surface area (Å²) in [6.45, 7) is 1.27. The van der Waals surface area contributed by atoms with Crippen LogP contribution in [0.4, 0.5) is 5.69 Å². The number of amides is 1. The lowest BCUT2D eigenvalue weighted by Crippen LogP contribution is -2.24. The number of anilines is 1. The monoisotopic (exact) mass is 407 g/mol. The van der Waals surface area contributed by atoms with Gasteiger partial charge in [0.05, 0.1) is 20.0 Å². The van der Waals surface area contributed by atoms with E-state index in [1.165, 1.54) is 0 Å². The van der Waals surface area contributed by atoms with E-state index >= 15 is 0 Å². The van der Waals surface area contributed by atoms with Gasteiger partial charge < -0.3 is 28.8 Å². The number of carbonyl (C=O) groups is 1. The fourth-order valence-corrected chi connectivity index (χ4v) is 3.92. The second kappa shape index (κ2) is 7.62. The van der Waals surface area contributed by atoms with E-state index in [9.17, 15) is 4.79 Å². The molecule has 8 nitrogen and oxygen atoms in total. The standard InChI is InChI=1S/C22H21N3O5/c1-27-18-4-2-3-14(22(18)28-8-7-25-6-5-23-12-25)15-10-21(26)24-17-11-20-19(9-16(15)17)29-13-30-20/h2-6,9,11-12,15H,7-8,10,13H2,1H3,(H,24,26). The Morgan fingerprint density at radius 3 is 2.90 bits per heavy atom. The van der Waals surface area contributed by atoms with Crippen molar-refractivity contribution in [1.29, 1.82) is 0 Å². The highest BCUT2D eigenvalue weighted by Crippen LogP contribution is 2.48. The minimum absolute atomic E-state index is 0.0569. The molecule has 0 aliphatic carbocycles. The van der Waals surface area contributed by atoms with E-state index in [2.05, 4.69) is 10.3 Å². The van der Waals surface area contributed by atoms with Crippen LogP contribution in [0, 0.1) is 0 Å². The van der Waals surface area contributed by atoms with Gasteiger partial charge in [0.1, 0.15) is 6.61 Å². The molecule has 1 aromatic heterocycles. The predicted octanol–water partition coefficient (Wildman–Crippen LogP) is 3.17. The van der Waals surface area contributed by atoms with Crippen LogP contribution in [-0.4, -0.2) is 36.0 Å². The molecule has 1 amide bonds. The van der Waals surface area contributed by atoms with Gasteiger partial charge in [0.2, 0.25) is 12.7 Å². The maximum absolute atomic E-state index is 12.5. The zero-order valence-electron chi connectivity index (χ0n) is 16.5. The highest BCUT2D eigenvalue weighted by atomic mass is 16.7. The molecule has 0 radical (unpaired) electrons. The van der Waals surface area contributed by atoms with Crippen LogP contribution in [-0.2, 0) is 11.3 Å². The van der Waals surface area contributed by atoms with Crippen LogP contribution in [0.2, 0.25) is 0 Å². The Labute approximate surface area is 173 Å². The van der Waals surface area contributed by atoms with Crippen LogP contribution >= 0.6 is 0 Å². The Morgan fingerprint density at radius 2 is 2.10 bits per heavy atom. The molecule has 154 valence electrons.